The quantitative estimate of drug-likeness (QED) is 0.423. The van der Waals surface area contributed by atoms with Crippen LogP contribution < -0.4 is 26.0 Å². The van der Waals surface area contributed by atoms with Crippen LogP contribution in [0.2, 0.25) is 0 Å². The van der Waals surface area contributed by atoms with Gasteiger partial charge in [-0.15, -0.1) is 0 Å². The van der Waals surface area contributed by atoms with E-state index in [1.165, 1.54) is 0 Å². The van der Waals surface area contributed by atoms with Gasteiger partial charge in [-0.05, 0) is 69.6 Å². The van der Waals surface area contributed by atoms with Gasteiger partial charge in [0.2, 0.25) is 23.6 Å². The van der Waals surface area contributed by atoms with E-state index in [0.29, 0.717) is 44.4 Å². The van der Waals surface area contributed by atoms with Crippen molar-refractivity contribution in [3.63, 3.8) is 0 Å². The van der Waals surface area contributed by atoms with Crippen LogP contribution in [0, 0.1) is 12.8 Å². The van der Waals surface area contributed by atoms with E-state index in [0.717, 1.165) is 18.4 Å². The summed E-state index contributed by atoms with van der Waals surface area (Å²) in [6, 6.07) is 5.37. The lowest BCUT2D eigenvalue weighted by atomic mass is 9.77. The number of carbonyl (C=O) groups is 4. The van der Waals surface area contributed by atoms with Gasteiger partial charge in [0.05, 0.1) is 12.5 Å². The van der Waals surface area contributed by atoms with Crippen molar-refractivity contribution < 1.29 is 28.3 Å². The summed E-state index contributed by atoms with van der Waals surface area (Å²) < 4.78 is 11.2. The first kappa shape index (κ1) is 31.1. The average Bonchev–Trinajstić information content (AvgIpc) is 3.62. The summed E-state index contributed by atoms with van der Waals surface area (Å²) in [5.74, 6) is -0.298. The van der Waals surface area contributed by atoms with E-state index in [1.54, 1.807) is 21.0 Å². The number of methoxy groups -OCH3 is 1. The van der Waals surface area contributed by atoms with Crippen LogP contribution in [0.15, 0.2) is 28.7 Å². The first-order valence-electron chi connectivity index (χ1n) is 14.9. The van der Waals surface area contributed by atoms with Gasteiger partial charge in [-0.1, -0.05) is 38.8 Å². The highest BCUT2D eigenvalue weighted by Crippen LogP contribution is 2.42. The Morgan fingerprint density at radius 2 is 1.74 bits per heavy atom. The number of hydrogen-bond donors (Lipinski definition) is 4. The molecule has 0 radical (unpaired) electrons. The van der Waals surface area contributed by atoms with Crippen molar-refractivity contribution in [1.29, 1.82) is 0 Å². The highest BCUT2D eigenvalue weighted by molar-refractivity contribution is 5.97. The minimum Gasteiger partial charge on any atom is -0.497 e. The summed E-state index contributed by atoms with van der Waals surface area (Å²) >= 11 is 0. The molecule has 3 atom stereocenters. The number of amides is 4. The van der Waals surface area contributed by atoms with Crippen LogP contribution >= 0.6 is 0 Å². The molecular weight excluding hydrogens is 538 g/mol. The molecule has 2 aliphatic rings. The number of nitrogens with zero attached hydrogens (tertiary/aromatic N) is 1. The van der Waals surface area contributed by atoms with Crippen molar-refractivity contribution in [2.75, 3.05) is 13.7 Å². The summed E-state index contributed by atoms with van der Waals surface area (Å²) in [6.07, 6.45) is 4.80. The van der Waals surface area contributed by atoms with Crippen molar-refractivity contribution in [3.05, 3.63) is 47.2 Å². The standard InChI is InChI=1S/C31H43N5O6/c1-18(2)24-29-36-25(20(4)42-29)28(39)33-19(3)26(37)32-17-9-6-10-23(27(38)35-24)34-30(40)31(15-7-8-16-31)21-11-13-22(41-5)14-12-21/h11-14,18-19,23-24H,6-10,15-17H2,1-5H3,(H,32,37)(H,33,39)(H,34,40)(H,35,38)/t19-,23+,24+/m1/s1. The molecule has 2 heterocycles. The van der Waals surface area contributed by atoms with Crippen LogP contribution in [0.1, 0.15) is 99.5 Å². The SMILES string of the molecule is COc1ccc(C2(C(=O)N[C@H]3CCCCNC(=O)[C@@H](C)NC(=O)c4nc(oc4C)[C@H](C(C)C)NC3=O)CCCC2)cc1. The normalized spacial score (nSPS) is 23.6. The molecule has 228 valence electrons. The lowest BCUT2D eigenvalue weighted by molar-refractivity contribution is -0.133. The smallest absolute Gasteiger partial charge is 0.274 e. The number of carbonyl (C=O) groups excluding carboxylic acids is 4. The molecule has 2 bridgehead atoms. The van der Waals surface area contributed by atoms with Crippen LogP contribution in [-0.2, 0) is 19.8 Å². The first-order chi connectivity index (χ1) is 20.1. The van der Waals surface area contributed by atoms with Crippen molar-refractivity contribution in [3.8, 4) is 5.75 Å². The number of hydrogen-bond acceptors (Lipinski definition) is 7. The van der Waals surface area contributed by atoms with Gasteiger partial charge in [0.25, 0.3) is 5.91 Å². The van der Waals surface area contributed by atoms with Gasteiger partial charge in [-0.3, -0.25) is 19.2 Å². The van der Waals surface area contributed by atoms with Crippen molar-refractivity contribution in [2.24, 2.45) is 5.92 Å². The Balaban J connectivity index is 1.62. The molecule has 0 saturated heterocycles. The van der Waals surface area contributed by atoms with E-state index < -0.39 is 29.4 Å². The van der Waals surface area contributed by atoms with Gasteiger partial charge in [-0.25, -0.2) is 4.98 Å². The van der Waals surface area contributed by atoms with Gasteiger partial charge in [0.1, 0.15) is 29.6 Å². The molecule has 2 aromatic rings. The second-order valence-corrected chi connectivity index (χ2v) is 11.7. The van der Waals surface area contributed by atoms with Crippen LogP contribution in [0.25, 0.3) is 0 Å². The minimum absolute atomic E-state index is 0.0594. The summed E-state index contributed by atoms with van der Waals surface area (Å²) in [5.41, 5.74) is 0.236. The van der Waals surface area contributed by atoms with E-state index in [1.807, 2.05) is 38.1 Å². The molecule has 11 nitrogen and oxygen atoms in total. The van der Waals surface area contributed by atoms with Gasteiger partial charge >= 0.3 is 0 Å². The Labute approximate surface area is 246 Å². The zero-order valence-electron chi connectivity index (χ0n) is 25.2. The average molecular weight is 582 g/mol. The highest BCUT2D eigenvalue weighted by Gasteiger charge is 2.44. The zero-order chi connectivity index (χ0) is 30.4. The number of aryl methyl sites for hydroxylation is 1. The molecule has 11 heteroatoms. The fourth-order valence-corrected chi connectivity index (χ4v) is 5.80. The third kappa shape index (κ3) is 6.77. The molecule has 0 unspecified atom stereocenters. The molecule has 1 aliphatic heterocycles. The number of fused-ring (bicyclic) bond motifs is 2. The molecule has 0 spiro atoms. The molecule has 42 heavy (non-hydrogen) atoms. The molecule has 4 amide bonds. The Kier molecular flexibility index (Phi) is 9.90. The van der Waals surface area contributed by atoms with E-state index in [2.05, 4.69) is 26.3 Å². The predicted molar refractivity (Wildman–Crippen MR) is 156 cm³/mol. The molecule has 1 aliphatic carbocycles. The maximum absolute atomic E-state index is 14.0. The summed E-state index contributed by atoms with van der Waals surface area (Å²) in [6.45, 7) is 7.43. The minimum atomic E-state index is -0.809. The lowest BCUT2D eigenvalue weighted by Gasteiger charge is -2.31. The second kappa shape index (κ2) is 13.4. The van der Waals surface area contributed by atoms with Crippen LogP contribution in [0.5, 0.6) is 5.75 Å². The van der Waals surface area contributed by atoms with Gasteiger partial charge < -0.3 is 30.4 Å². The van der Waals surface area contributed by atoms with Crippen molar-refractivity contribution >= 4 is 23.6 Å². The van der Waals surface area contributed by atoms with Gasteiger partial charge in [0.15, 0.2) is 5.69 Å². The van der Waals surface area contributed by atoms with Gasteiger partial charge in [0, 0.05) is 6.54 Å². The molecule has 1 aromatic heterocycles. The van der Waals surface area contributed by atoms with Crippen molar-refractivity contribution in [2.45, 2.75) is 96.2 Å². The molecule has 1 saturated carbocycles. The zero-order valence-corrected chi connectivity index (χ0v) is 25.2. The largest absolute Gasteiger partial charge is 0.497 e. The van der Waals surface area contributed by atoms with Crippen LogP contribution in [0.3, 0.4) is 0 Å². The van der Waals surface area contributed by atoms with E-state index in [9.17, 15) is 19.2 Å². The second-order valence-electron chi connectivity index (χ2n) is 11.7. The topological polar surface area (TPSA) is 152 Å². The monoisotopic (exact) mass is 581 g/mol. The summed E-state index contributed by atoms with van der Waals surface area (Å²) in [7, 11) is 1.61. The highest BCUT2D eigenvalue weighted by atomic mass is 16.5. The maximum Gasteiger partial charge on any atom is 0.274 e. The molecule has 1 aromatic carbocycles. The first-order valence-corrected chi connectivity index (χ1v) is 14.9. The Morgan fingerprint density at radius 3 is 2.38 bits per heavy atom. The molecule has 1 fully saturated rings. The Hall–Kier alpha value is -3.89. The number of rotatable bonds is 5. The number of nitrogens with one attached hydrogen (secondary N) is 4. The third-order valence-corrected chi connectivity index (χ3v) is 8.37. The van der Waals surface area contributed by atoms with Crippen LogP contribution in [0.4, 0.5) is 0 Å². The molecule has 4 N–H and O–H groups in total. The Morgan fingerprint density at radius 1 is 1.05 bits per heavy atom. The van der Waals surface area contributed by atoms with Gasteiger partial charge in [-0.2, -0.15) is 0 Å². The third-order valence-electron chi connectivity index (χ3n) is 8.37. The lowest BCUT2D eigenvalue weighted by Crippen LogP contribution is -2.53. The molecule has 4 rings (SSSR count). The number of benzene rings is 1. The van der Waals surface area contributed by atoms with E-state index >= 15 is 0 Å². The molecular formula is C31H43N5O6. The van der Waals surface area contributed by atoms with E-state index in [4.69, 9.17) is 9.15 Å². The van der Waals surface area contributed by atoms with Crippen molar-refractivity contribution in [1.82, 2.24) is 26.3 Å². The van der Waals surface area contributed by atoms with E-state index in [-0.39, 0.29) is 41.0 Å². The maximum atomic E-state index is 14.0. The Bertz CT molecular complexity index is 1280. The number of aromatic nitrogens is 1. The number of ether oxygens (including phenoxy) is 1. The fraction of sp³-hybridized carbons (Fsp3) is 0.581. The van der Waals surface area contributed by atoms with Crippen LogP contribution in [-0.4, -0.2) is 54.4 Å². The predicted octanol–water partition coefficient (Wildman–Crippen LogP) is 3.22. The number of oxazole rings is 1. The summed E-state index contributed by atoms with van der Waals surface area (Å²) in [5, 5.41) is 11.6. The fourth-order valence-electron chi connectivity index (χ4n) is 5.80. The summed E-state index contributed by atoms with van der Waals surface area (Å²) in [4.78, 5) is 57.7.